The molecule has 1 aliphatic carbocycles. The van der Waals surface area contributed by atoms with Crippen molar-refractivity contribution in [1.82, 2.24) is 10.3 Å². The molecule has 1 saturated carbocycles. The zero-order valence-electron chi connectivity index (χ0n) is 11.2. The van der Waals surface area contributed by atoms with Gasteiger partial charge in [-0.1, -0.05) is 12.1 Å². The summed E-state index contributed by atoms with van der Waals surface area (Å²) in [5, 5.41) is 5.62. The van der Waals surface area contributed by atoms with E-state index in [-0.39, 0.29) is 11.9 Å². The Morgan fingerprint density at radius 3 is 2.95 bits per heavy atom. The van der Waals surface area contributed by atoms with Crippen LogP contribution in [0.15, 0.2) is 36.7 Å². The van der Waals surface area contributed by atoms with Crippen molar-refractivity contribution in [3.05, 3.63) is 36.7 Å². The maximum absolute atomic E-state index is 12.6. The highest BCUT2D eigenvalue weighted by molar-refractivity contribution is 6.06. The van der Waals surface area contributed by atoms with Crippen LogP contribution in [0.4, 0.5) is 5.69 Å². The van der Waals surface area contributed by atoms with Gasteiger partial charge in [0.15, 0.2) is 0 Å². The van der Waals surface area contributed by atoms with E-state index in [4.69, 9.17) is 0 Å². The molecule has 4 nitrogen and oxygen atoms in total. The van der Waals surface area contributed by atoms with Gasteiger partial charge in [-0.3, -0.25) is 9.78 Å². The minimum Gasteiger partial charge on any atom is -0.310 e. The predicted molar refractivity (Wildman–Crippen MR) is 78.7 cm³/mol. The summed E-state index contributed by atoms with van der Waals surface area (Å²) in [5.41, 5.74) is 0.987. The Labute approximate surface area is 117 Å². The molecule has 1 saturated heterocycles. The first-order valence-electron chi connectivity index (χ1n) is 7.23. The molecule has 2 heterocycles. The van der Waals surface area contributed by atoms with E-state index in [0.717, 1.165) is 29.4 Å². The van der Waals surface area contributed by atoms with Gasteiger partial charge in [0, 0.05) is 30.4 Å². The number of aromatic nitrogens is 1. The van der Waals surface area contributed by atoms with Crippen LogP contribution in [-0.2, 0) is 4.79 Å². The topological polar surface area (TPSA) is 45.2 Å². The summed E-state index contributed by atoms with van der Waals surface area (Å²) in [5.74, 6) is 0.202. The average Bonchev–Trinajstić information content (AvgIpc) is 3.23. The minimum atomic E-state index is -0.00516. The Bertz CT molecular complexity index is 660. The van der Waals surface area contributed by atoms with Crippen molar-refractivity contribution < 1.29 is 4.79 Å². The summed E-state index contributed by atoms with van der Waals surface area (Å²) in [6, 6.07) is 8.63. The van der Waals surface area contributed by atoms with Gasteiger partial charge in [-0.05, 0) is 36.8 Å². The fourth-order valence-electron chi connectivity index (χ4n) is 2.94. The highest BCUT2D eigenvalue weighted by Gasteiger charge is 2.36. The quantitative estimate of drug-likeness (QED) is 0.926. The van der Waals surface area contributed by atoms with E-state index < -0.39 is 0 Å². The van der Waals surface area contributed by atoms with Gasteiger partial charge in [-0.15, -0.1) is 0 Å². The van der Waals surface area contributed by atoms with E-state index in [1.807, 2.05) is 29.3 Å². The fraction of sp³-hybridized carbons (Fsp3) is 0.375. The van der Waals surface area contributed by atoms with Crippen LogP contribution in [0.1, 0.15) is 19.3 Å². The largest absolute Gasteiger partial charge is 0.310 e. The molecule has 1 aliphatic heterocycles. The van der Waals surface area contributed by atoms with Gasteiger partial charge < -0.3 is 10.2 Å². The van der Waals surface area contributed by atoms with Crippen LogP contribution >= 0.6 is 0 Å². The van der Waals surface area contributed by atoms with Gasteiger partial charge in [0.05, 0.1) is 11.7 Å². The molecule has 0 radical (unpaired) electrons. The standard InChI is InChI=1S/C16H17N3O/c20-16-14(18-12-4-5-12)7-9-19(16)15-3-1-2-11-6-8-17-10-13(11)15/h1-3,6,8,10,12,14,18H,4-5,7,9H2. The molecule has 1 N–H and O–H groups in total. The fourth-order valence-corrected chi connectivity index (χ4v) is 2.94. The zero-order chi connectivity index (χ0) is 13.5. The van der Waals surface area contributed by atoms with Gasteiger partial charge in [0.1, 0.15) is 0 Å². The van der Waals surface area contributed by atoms with Crippen LogP contribution in [0.5, 0.6) is 0 Å². The summed E-state index contributed by atoms with van der Waals surface area (Å²) in [4.78, 5) is 18.7. The molecule has 4 heteroatoms. The molecule has 2 aromatic rings. The van der Waals surface area contributed by atoms with Gasteiger partial charge in [0.2, 0.25) is 5.91 Å². The molecule has 1 unspecified atom stereocenters. The number of rotatable bonds is 3. The molecule has 1 atom stereocenters. The molecule has 0 bridgehead atoms. The second kappa shape index (κ2) is 4.56. The molecule has 2 fully saturated rings. The number of carbonyl (C=O) groups is 1. The van der Waals surface area contributed by atoms with Crippen LogP contribution in [0.3, 0.4) is 0 Å². The molecule has 1 aromatic heterocycles. The van der Waals surface area contributed by atoms with Crippen molar-refractivity contribution in [1.29, 1.82) is 0 Å². The number of pyridine rings is 1. The smallest absolute Gasteiger partial charge is 0.244 e. The highest BCUT2D eigenvalue weighted by atomic mass is 16.2. The zero-order valence-corrected chi connectivity index (χ0v) is 11.2. The molecule has 4 rings (SSSR count). The van der Waals surface area contributed by atoms with Crippen LogP contribution in [-0.4, -0.2) is 29.5 Å². The summed E-state index contributed by atoms with van der Waals surface area (Å²) in [6.07, 6.45) is 6.95. The molecule has 20 heavy (non-hydrogen) atoms. The Balaban J connectivity index is 1.67. The van der Waals surface area contributed by atoms with Crippen LogP contribution < -0.4 is 10.2 Å². The van der Waals surface area contributed by atoms with Gasteiger partial charge in [0.25, 0.3) is 0 Å². The molecular formula is C16H17N3O. The number of fused-ring (bicyclic) bond motifs is 1. The van der Waals surface area contributed by atoms with Crippen molar-refractivity contribution >= 4 is 22.4 Å². The number of amides is 1. The van der Waals surface area contributed by atoms with Crippen LogP contribution in [0.2, 0.25) is 0 Å². The second-order valence-corrected chi connectivity index (χ2v) is 5.65. The van der Waals surface area contributed by atoms with Crippen LogP contribution in [0.25, 0.3) is 10.8 Å². The first-order valence-corrected chi connectivity index (χ1v) is 7.23. The van der Waals surface area contributed by atoms with Crippen molar-refractivity contribution in [2.45, 2.75) is 31.3 Å². The summed E-state index contributed by atoms with van der Waals surface area (Å²) in [6.45, 7) is 0.789. The number of benzene rings is 1. The normalized spacial score (nSPS) is 22.7. The lowest BCUT2D eigenvalue weighted by Crippen LogP contribution is -2.39. The number of nitrogens with zero attached hydrogens (tertiary/aromatic N) is 2. The lowest BCUT2D eigenvalue weighted by molar-refractivity contribution is -0.118. The van der Waals surface area contributed by atoms with Crippen molar-refractivity contribution in [2.75, 3.05) is 11.4 Å². The van der Waals surface area contributed by atoms with Gasteiger partial charge in [-0.2, -0.15) is 0 Å². The van der Waals surface area contributed by atoms with E-state index in [1.54, 1.807) is 6.20 Å². The van der Waals surface area contributed by atoms with E-state index >= 15 is 0 Å². The number of hydrogen-bond donors (Lipinski definition) is 1. The summed E-state index contributed by atoms with van der Waals surface area (Å²) in [7, 11) is 0. The predicted octanol–water partition coefficient (Wildman–Crippen LogP) is 2.09. The van der Waals surface area contributed by atoms with Gasteiger partial charge in [-0.25, -0.2) is 0 Å². The van der Waals surface area contributed by atoms with Crippen molar-refractivity contribution in [3.63, 3.8) is 0 Å². The minimum absolute atomic E-state index is 0.00516. The van der Waals surface area contributed by atoms with Crippen molar-refractivity contribution in [3.8, 4) is 0 Å². The molecule has 102 valence electrons. The number of nitrogens with one attached hydrogen (secondary N) is 1. The number of hydrogen-bond acceptors (Lipinski definition) is 3. The third-order valence-electron chi connectivity index (χ3n) is 4.17. The Morgan fingerprint density at radius 2 is 2.10 bits per heavy atom. The van der Waals surface area contributed by atoms with Crippen LogP contribution in [0, 0.1) is 0 Å². The van der Waals surface area contributed by atoms with E-state index in [1.165, 1.54) is 12.8 Å². The number of carbonyl (C=O) groups excluding carboxylic acids is 1. The van der Waals surface area contributed by atoms with Gasteiger partial charge >= 0.3 is 0 Å². The van der Waals surface area contributed by atoms with E-state index in [9.17, 15) is 4.79 Å². The maximum Gasteiger partial charge on any atom is 0.244 e. The molecule has 0 spiro atoms. The highest BCUT2D eigenvalue weighted by Crippen LogP contribution is 2.30. The lowest BCUT2D eigenvalue weighted by atomic mass is 10.1. The molecule has 1 amide bonds. The Morgan fingerprint density at radius 1 is 1.20 bits per heavy atom. The summed E-state index contributed by atoms with van der Waals surface area (Å²) >= 11 is 0. The SMILES string of the molecule is O=C1C(NC2CC2)CCN1c1cccc2ccncc12. The Hall–Kier alpha value is -1.94. The lowest BCUT2D eigenvalue weighted by Gasteiger charge is -2.19. The Kier molecular flexibility index (Phi) is 2.70. The number of anilines is 1. The maximum atomic E-state index is 12.6. The monoisotopic (exact) mass is 267 g/mol. The van der Waals surface area contributed by atoms with E-state index in [0.29, 0.717) is 6.04 Å². The molecule has 2 aliphatic rings. The molecule has 1 aromatic carbocycles. The third-order valence-corrected chi connectivity index (χ3v) is 4.17. The third kappa shape index (κ3) is 1.96. The summed E-state index contributed by atoms with van der Waals surface area (Å²) < 4.78 is 0. The average molecular weight is 267 g/mol. The first-order chi connectivity index (χ1) is 9.83. The van der Waals surface area contributed by atoms with Crippen molar-refractivity contribution in [2.24, 2.45) is 0 Å². The van der Waals surface area contributed by atoms with E-state index in [2.05, 4.69) is 16.4 Å². The molecular weight excluding hydrogens is 250 g/mol. The first kappa shape index (κ1) is 11.9. The second-order valence-electron chi connectivity index (χ2n) is 5.65.